The van der Waals surface area contributed by atoms with Crippen molar-refractivity contribution in [1.29, 1.82) is 0 Å². The molecule has 1 amide bonds. The van der Waals surface area contributed by atoms with Crippen LogP contribution in [0.3, 0.4) is 0 Å². The van der Waals surface area contributed by atoms with Crippen molar-refractivity contribution in [3.05, 3.63) is 35.4 Å². The second-order valence-electron chi connectivity index (χ2n) is 5.64. The zero-order valence-electron chi connectivity index (χ0n) is 12.6. The maximum atomic E-state index is 13.3. The Balaban J connectivity index is 2.03. The number of ether oxygens (including phenoxy) is 1. The molecule has 0 bridgehead atoms. The molecule has 1 aromatic carbocycles. The summed E-state index contributed by atoms with van der Waals surface area (Å²) in [4.78, 5) is 24.5. The molecule has 126 valence electrons. The standard InChI is InChI=1S/C16H19F2NO4/c17-13-2-1-11(7-14(13)18)9-19(5-3-16(21)22)15(20)8-12-4-6-23-10-12/h1-2,7,12H,3-6,8-10H2,(H,21,22). The first-order valence-electron chi connectivity index (χ1n) is 7.47. The Labute approximate surface area is 132 Å². The van der Waals surface area contributed by atoms with Gasteiger partial charge in [-0.2, -0.15) is 0 Å². The summed E-state index contributed by atoms with van der Waals surface area (Å²) in [5, 5.41) is 8.81. The molecule has 1 N–H and O–H groups in total. The van der Waals surface area contributed by atoms with Crippen molar-refractivity contribution in [1.82, 2.24) is 4.90 Å². The van der Waals surface area contributed by atoms with Crippen molar-refractivity contribution < 1.29 is 28.2 Å². The lowest BCUT2D eigenvalue weighted by molar-refractivity contribution is -0.139. The number of benzene rings is 1. The molecule has 1 aromatic rings. The lowest BCUT2D eigenvalue weighted by atomic mass is 10.0. The minimum absolute atomic E-state index is 0.0285. The molecule has 1 aliphatic rings. The fourth-order valence-electron chi connectivity index (χ4n) is 2.50. The Bertz CT molecular complexity index is 573. The van der Waals surface area contributed by atoms with Crippen LogP contribution in [0.4, 0.5) is 8.78 Å². The molecule has 0 spiro atoms. The highest BCUT2D eigenvalue weighted by Crippen LogP contribution is 2.19. The minimum atomic E-state index is -1.02. The molecule has 1 unspecified atom stereocenters. The number of carboxylic acid groups (broad SMARTS) is 1. The number of aliphatic carboxylic acids is 1. The fraction of sp³-hybridized carbons (Fsp3) is 0.500. The van der Waals surface area contributed by atoms with E-state index >= 15 is 0 Å². The molecule has 0 aromatic heterocycles. The Hall–Kier alpha value is -2.02. The van der Waals surface area contributed by atoms with E-state index in [4.69, 9.17) is 9.84 Å². The molecule has 1 fully saturated rings. The van der Waals surface area contributed by atoms with Gasteiger partial charge in [0, 0.05) is 32.7 Å². The first-order valence-corrected chi connectivity index (χ1v) is 7.47. The van der Waals surface area contributed by atoms with E-state index in [0.717, 1.165) is 18.6 Å². The lowest BCUT2D eigenvalue weighted by Gasteiger charge is -2.23. The zero-order chi connectivity index (χ0) is 16.8. The first-order chi connectivity index (χ1) is 11.0. The van der Waals surface area contributed by atoms with E-state index in [2.05, 4.69) is 0 Å². The summed E-state index contributed by atoms with van der Waals surface area (Å²) < 4.78 is 31.5. The predicted molar refractivity (Wildman–Crippen MR) is 77.6 cm³/mol. The van der Waals surface area contributed by atoms with Gasteiger partial charge in [0.1, 0.15) is 0 Å². The van der Waals surface area contributed by atoms with Crippen molar-refractivity contribution in [2.45, 2.75) is 25.8 Å². The van der Waals surface area contributed by atoms with Crippen molar-refractivity contribution in [3.8, 4) is 0 Å². The number of carbonyl (C=O) groups excluding carboxylic acids is 1. The number of nitrogens with zero attached hydrogens (tertiary/aromatic N) is 1. The predicted octanol–water partition coefficient (Wildman–Crippen LogP) is 2.19. The monoisotopic (exact) mass is 327 g/mol. The van der Waals surface area contributed by atoms with E-state index < -0.39 is 17.6 Å². The molecule has 1 atom stereocenters. The van der Waals surface area contributed by atoms with Gasteiger partial charge in [-0.3, -0.25) is 9.59 Å². The van der Waals surface area contributed by atoms with Crippen LogP contribution in [0.5, 0.6) is 0 Å². The van der Waals surface area contributed by atoms with Gasteiger partial charge in [0.05, 0.1) is 6.42 Å². The van der Waals surface area contributed by atoms with E-state index in [-0.39, 0.29) is 37.8 Å². The highest BCUT2D eigenvalue weighted by Gasteiger charge is 2.23. The summed E-state index contributed by atoms with van der Waals surface area (Å²) in [6.45, 7) is 1.22. The summed E-state index contributed by atoms with van der Waals surface area (Å²) in [6.07, 6.45) is 0.865. The van der Waals surface area contributed by atoms with Crippen LogP contribution in [-0.2, 0) is 20.9 Å². The number of halogens is 2. The molecular weight excluding hydrogens is 308 g/mol. The van der Waals surface area contributed by atoms with Gasteiger partial charge >= 0.3 is 5.97 Å². The highest BCUT2D eigenvalue weighted by molar-refractivity contribution is 5.77. The average molecular weight is 327 g/mol. The third-order valence-electron chi connectivity index (χ3n) is 3.79. The van der Waals surface area contributed by atoms with Crippen molar-refractivity contribution in [3.63, 3.8) is 0 Å². The first kappa shape index (κ1) is 17.3. The van der Waals surface area contributed by atoms with Gasteiger partial charge in [-0.1, -0.05) is 6.07 Å². The summed E-state index contributed by atoms with van der Waals surface area (Å²) in [5.74, 6) is -3.04. The molecule has 5 nitrogen and oxygen atoms in total. The molecule has 0 radical (unpaired) electrons. The minimum Gasteiger partial charge on any atom is -0.481 e. The Morgan fingerprint density at radius 3 is 2.70 bits per heavy atom. The van der Waals surface area contributed by atoms with Crippen LogP contribution in [0.15, 0.2) is 18.2 Å². The van der Waals surface area contributed by atoms with Crippen molar-refractivity contribution in [2.24, 2.45) is 5.92 Å². The largest absolute Gasteiger partial charge is 0.481 e. The summed E-state index contributed by atoms with van der Waals surface area (Å²) >= 11 is 0. The molecule has 0 saturated carbocycles. The van der Waals surface area contributed by atoms with Crippen molar-refractivity contribution in [2.75, 3.05) is 19.8 Å². The highest BCUT2D eigenvalue weighted by atomic mass is 19.2. The number of carboxylic acids is 1. The smallest absolute Gasteiger partial charge is 0.305 e. The van der Waals surface area contributed by atoms with Crippen LogP contribution in [0.1, 0.15) is 24.8 Å². The summed E-state index contributed by atoms with van der Waals surface area (Å²) in [5.41, 5.74) is 0.422. The molecular formula is C16H19F2NO4. The van der Waals surface area contributed by atoms with Crippen LogP contribution in [0.2, 0.25) is 0 Å². The SMILES string of the molecule is O=C(O)CCN(Cc1ccc(F)c(F)c1)C(=O)CC1CCOC1. The number of amides is 1. The normalized spacial score (nSPS) is 17.2. The lowest BCUT2D eigenvalue weighted by Crippen LogP contribution is -2.34. The van der Waals surface area contributed by atoms with Gasteiger partial charge in [0.2, 0.25) is 5.91 Å². The van der Waals surface area contributed by atoms with Gasteiger partial charge in [0.25, 0.3) is 0 Å². The average Bonchev–Trinajstić information content (AvgIpc) is 2.99. The van der Waals surface area contributed by atoms with Crippen LogP contribution in [-0.4, -0.2) is 41.6 Å². The van der Waals surface area contributed by atoms with Crippen LogP contribution in [0.25, 0.3) is 0 Å². The van der Waals surface area contributed by atoms with Crippen LogP contribution in [0, 0.1) is 17.6 Å². The van der Waals surface area contributed by atoms with E-state index in [1.807, 2.05) is 0 Å². The van der Waals surface area contributed by atoms with Gasteiger partial charge in [0.15, 0.2) is 11.6 Å². The third-order valence-corrected chi connectivity index (χ3v) is 3.79. The van der Waals surface area contributed by atoms with E-state index in [1.54, 1.807) is 0 Å². The van der Waals surface area contributed by atoms with E-state index in [9.17, 15) is 18.4 Å². The number of hydrogen-bond donors (Lipinski definition) is 1. The van der Waals surface area contributed by atoms with Gasteiger partial charge in [-0.15, -0.1) is 0 Å². The van der Waals surface area contributed by atoms with Crippen LogP contribution < -0.4 is 0 Å². The summed E-state index contributed by atoms with van der Waals surface area (Å²) in [6, 6.07) is 3.41. The Morgan fingerprint density at radius 2 is 2.09 bits per heavy atom. The molecule has 2 rings (SSSR count). The van der Waals surface area contributed by atoms with E-state index in [1.165, 1.54) is 11.0 Å². The molecule has 1 saturated heterocycles. The number of carbonyl (C=O) groups is 2. The van der Waals surface area contributed by atoms with Crippen molar-refractivity contribution >= 4 is 11.9 Å². The second-order valence-corrected chi connectivity index (χ2v) is 5.64. The Morgan fingerprint density at radius 1 is 1.30 bits per heavy atom. The zero-order valence-corrected chi connectivity index (χ0v) is 12.6. The molecule has 0 aliphatic carbocycles. The van der Waals surface area contributed by atoms with Gasteiger partial charge in [-0.05, 0) is 30.0 Å². The Kier molecular flexibility index (Phi) is 6.04. The quantitative estimate of drug-likeness (QED) is 0.834. The molecule has 7 heteroatoms. The number of hydrogen-bond acceptors (Lipinski definition) is 3. The van der Waals surface area contributed by atoms with Crippen LogP contribution >= 0.6 is 0 Å². The maximum absolute atomic E-state index is 13.3. The topological polar surface area (TPSA) is 66.8 Å². The summed E-state index contributed by atoms with van der Waals surface area (Å²) in [7, 11) is 0. The maximum Gasteiger partial charge on any atom is 0.305 e. The second kappa shape index (κ2) is 8.01. The fourth-order valence-corrected chi connectivity index (χ4v) is 2.50. The van der Waals surface area contributed by atoms with Gasteiger partial charge in [-0.25, -0.2) is 8.78 Å². The number of rotatable bonds is 7. The molecule has 23 heavy (non-hydrogen) atoms. The molecule has 1 heterocycles. The van der Waals surface area contributed by atoms with E-state index in [0.29, 0.717) is 18.8 Å². The van der Waals surface area contributed by atoms with Gasteiger partial charge < -0.3 is 14.7 Å². The molecule has 1 aliphatic heterocycles. The third kappa shape index (κ3) is 5.28.